The van der Waals surface area contributed by atoms with Gasteiger partial charge in [-0.2, -0.15) is 0 Å². The molecule has 0 heterocycles. The topological polar surface area (TPSA) is 0 Å². The van der Waals surface area contributed by atoms with Crippen LogP contribution in [0.4, 0.5) is 0 Å². The van der Waals surface area contributed by atoms with Crippen LogP contribution in [0, 0.1) is 0 Å². The summed E-state index contributed by atoms with van der Waals surface area (Å²) in [6.45, 7) is 3.48. The molecule has 0 atom stereocenters. The molecule has 2 heteroatoms. The first kappa shape index (κ1) is 9.37. The summed E-state index contributed by atoms with van der Waals surface area (Å²) in [7, 11) is 0. The minimum Gasteiger partial charge on any atom is 0.187 e. The Morgan fingerprint density at radius 3 is 2.00 bits per heavy atom. The van der Waals surface area contributed by atoms with Crippen molar-refractivity contribution in [1.29, 1.82) is 0 Å². The van der Waals surface area contributed by atoms with Crippen LogP contribution < -0.4 is 0 Å². The Morgan fingerprint density at radius 1 is 1.80 bits per heavy atom. The van der Waals surface area contributed by atoms with Gasteiger partial charge in [0.15, 0.2) is 17.4 Å². The minimum atomic E-state index is 0. The predicted molar refractivity (Wildman–Crippen MR) is 24.9 cm³/mol. The second-order valence-corrected chi connectivity index (χ2v) is 1.13. The summed E-state index contributed by atoms with van der Waals surface area (Å²) in [6.07, 6.45) is 1.88. The molecule has 0 aromatic carbocycles. The van der Waals surface area contributed by atoms with Crippen molar-refractivity contribution in [1.82, 2.24) is 0 Å². The third-order valence-corrected chi connectivity index (χ3v) is 0.595. The van der Waals surface area contributed by atoms with Crippen LogP contribution in [-0.4, -0.2) is 17.4 Å². The van der Waals surface area contributed by atoms with Crippen molar-refractivity contribution in [3.63, 3.8) is 0 Å². The Kier molecular flexibility index (Phi) is 16.6. The van der Waals surface area contributed by atoms with Crippen LogP contribution in [-0.2, 0) is 20.4 Å². The fraction of sp³-hybridized carbons (Fsp3) is 0.333. The smallest absolute Gasteiger partial charge is 0.187 e. The molecule has 0 unspecified atom stereocenters. The average Bonchev–Trinajstić information content (AvgIpc) is 1.37. The van der Waals surface area contributed by atoms with E-state index in [9.17, 15) is 0 Å². The Hall–Kier alpha value is 0.987. The zero-order chi connectivity index (χ0) is 3.41. The van der Waals surface area contributed by atoms with Crippen LogP contribution >= 0.6 is 0 Å². The predicted octanol–water partition coefficient (Wildman–Crippen LogP) is -0.0464. The summed E-state index contributed by atoms with van der Waals surface area (Å²) in [4.78, 5) is 0. The molecule has 27 valence electrons. The zero-order valence-corrected chi connectivity index (χ0v) is 4.05. The molecule has 0 saturated heterocycles. The zero-order valence-electron chi connectivity index (χ0n) is 2.49. The summed E-state index contributed by atoms with van der Waals surface area (Å²) in [5, 5.41) is 0. The number of hydrogen-bond acceptors (Lipinski definition) is 0. The third kappa shape index (κ3) is 11.3. The van der Waals surface area contributed by atoms with Gasteiger partial charge in [0.2, 0.25) is 0 Å². The van der Waals surface area contributed by atoms with Gasteiger partial charge in [-0.05, 0) is 0 Å². The van der Waals surface area contributed by atoms with E-state index in [2.05, 4.69) is 27.0 Å². The van der Waals surface area contributed by atoms with Gasteiger partial charge in [-0.25, -0.2) is 0 Å². The van der Waals surface area contributed by atoms with Crippen molar-refractivity contribution in [2.45, 2.75) is 4.73 Å². The maximum absolute atomic E-state index is 3.48. The van der Waals surface area contributed by atoms with Crippen molar-refractivity contribution in [2.75, 3.05) is 0 Å². The Morgan fingerprint density at radius 2 is 2.00 bits per heavy atom. The second-order valence-electron chi connectivity index (χ2n) is 0.493. The molecule has 0 bridgehead atoms. The van der Waals surface area contributed by atoms with Crippen LogP contribution in [0.25, 0.3) is 0 Å². The molecule has 0 amide bonds. The van der Waals surface area contributed by atoms with Gasteiger partial charge in [-0.1, -0.05) is 0 Å². The molecule has 0 rings (SSSR count). The van der Waals surface area contributed by atoms with E-state index in [1.54, 1.807) is 0 Å². The third-order valence-electron chi connectivity index (χ3n) is 0.144. The summed E-state index contributed by atoms with van der Waals surface area (Å²) >= 11 is 2.06. The van der Waals surface area contributed by atoms with Crippen molar-refractivity contribution in [3.05, 3.63) is 12.7 Å². The van der Waals surface area contributed by atoms with E-state index in [1.807, 2.05) is 6.08 Å². The van der Waals surface area contributed by atoms with Crippen LogP contribution in [0.1, 0.15) is 0 Å². The summed E-state index contributed by atoms with van der Waals surface area (Å²) < 4.78 is 1.08. The fourth-order valence-corrected chi connectivity index (χ4v) is 0. The van der Waals surface area contributed by atoms with Crippen LogP contribution in [0.5, 0.6) is 0 Å². The molecule has 0 aliphatic carbocycles. The monoisotopic (exact) mass is 119 g/mol. The van der Waals surface area contributed by atoms with Crippen LogP contribution in [0.3, 0.4) is 0 Å². The van der Waals surface area contributed by atoms with Gasteiger partial charge in [0.1, 0.15) is 0 Å². The molecule has 0 aliphatic heterocycles. The molecular weight excluding hydrogens is 111 g/mol. The van der Waals surface area contributed by atoms with Gasteiger partial charge >= 0.3 is 37.8 Å². The molecule has 0 saturated carbocycles. The standard InChI is InChI=1S/C3H5.Al.Ti.3H/c1-3-2;;;;;/h3H,1-2H2;;;;;. The van der Waals surface area contributed by atoms with Gasteiger partial charge < -0.3 is 0 Å². The summed E-state index contributed by atoms with van der Waals surface area (Å²) in [5.41, 5.74) is 0. The van der Waals surface area contributed by atoms with E-state index in [-0.39, 0.29) is 17.4 Å². The van der Waals surface area contributed by atoms with Crippen molar-refractivity contribution in [2.24, 2.45) is 0 Å². The quantitative estimate of drug-likeness (QED) is 0.335. The van der Waals surface area contributed by atoms with Gasteiger partial charge in [-0.15, -0.1) is 0 Å². The molecule has 0 aromatic rings. The molecule has 0 radical (unpaired) electrons. The largest absolute Gasteiger partial charge is 0.187 e. The minimum absolute atomic E-state index is 0. The van der Waals surface area contributed by atoms with Crippen molar-refractivity contribution in [3.8, 4) is 0 Å². The first-order chi connectivity index (χ1) is 1.91. The maximum atomic E-state index is 3.48. The van der Waals surface area contributed by atoms with E-state index < -0.39 is 0 Å². The van der Waals surface area contributed by atoms with Crippen LogP contribution in [0.2, 0.25) is 4.73 Å². The van der Waals surface area contributed by atoms with E-state index in [0.717, 1.165) is 4.73 Å². The van der Waals surface area contributed by atoms with Crippen LogP contribution in [0.15, 0.2) is 12.7 Å². The molecule has 5 heavy (non-hydrogen) atoms. The molecule has 0 spiro atoms. The van der Waals surface area contributed by atoms with E-state index in [4.69, 9.17) is 0 Å². The summed E-state index contributed by atoms with van der Waals surface area (Å²) in [6, 6.07) is 0. The normalized spacial score (nSPS) is 4.60. The average molecular weight is 119 g/mol. The molecule has 0 fully saturated rings. The number of allylic oxidation sites excluding steroid dienone is 1. The van der Waals surface area contributed by atoms with Crippen molar-refractivity contribution >= 4 is 17.4 Å². The van der Waals surface area contributed by atoms with E-state index in [1.165, 1.54) is 0 Å². The van der Waals surface area contributed by atoms with Gasteiger partial charge in [0, 0.05) is 0 Å². The van der Waals surface area contributed by atoms with Crippen molar-refractivity contribution < 1.29 is 20.4 Å². The Bertz CT molecular complexity index is 20.9. The number of hydrogen-bond donors (Lipinski definition) is 0. The number of rotatable bonds is 1. The molecule has 0 N–H and O–H groups in total. The second kappa shape index (κ2) is 8.89. The molecule has 0 aliphatic rings. The maximum Gasteiger partial charge on any atom is 0.187 e. The Labute approximate surface area is 55.2 Å². The Balaban J connectivity index is 0. The van der Waals surface area contributed by atoms with E-state index in [0.29, 0.717) is 0 Å². The first-order valence-corrected chi connectivity index (χ1v) is 2.27. The van der Waals surface area contributed by atoms with Gasteiger partial charge in [0.25, 0.3) is 0 Å². The van der Waals surface area contributed by atoms with E-state index >= 15 is 0 Å². The fourth-order valence-electron chi connectivity index (χ4n) is 0. The molecule has 0 nitrogen and oxygen atoms in total. The SMILES string of the molecule is C=C[CH2][Ti].[AlH3]. The van der Waals surface area contributed by atoms with Gasteiger partial charge in [0.05, 0.1) is 0 Å². The van der Waals surface area contributed by atoms with Gasteiger partial charge in [-0.3, -0.25) is 0 Å². The molecule has 0 aromatic heterocycles. The summed E-state index contributed by atoms with van der Waals surface area (Å²) in [5.74, 6) is 0. The molecular formula is C3H8AlTi. The first-order valence-electron chi connectivity index (χ1n) is 1.17.